The fraction of sp³-hybridized carbons (Fsp3) is 0.233. The molecule has 0 bridgehead atoms. The van der Waals surface area contributed by atoms with E-state index in [1.54, 1.807) is 0 Å². The van der Waals surface area contributed by atoms with Crippen molar-refractivity contribution in [3.05, 3.63) is 112 Å². The molecule has 0 fully saturated rings. The van der Waals surface area contributed by atoms with Crippen molar-refractivity contribution in [3.63, 3.8) is 0 Å². The number of nitriles is 1. The minimum atomic E-state index is -0.553. The molecule has 0 radical (unpaired) electrons. The summed E-state index contributed by atoms with van der Waals surface area (Å²) in [5.74, 6) is -0.275. The minimum absolute atomic E-state index is 0.0989. The molecular weight excluding hydrogens is 404 g/mol. The van der Waals surface area contributed by atoms with Crippen LogP contribution in [0.15, 0.2) is 83.4 Å². The number of carbonyl (C=O) groups is 1. The molecule has 0 saturated heterocycles. The molecule has 0 heterocycles. The van der Waals surface area contributed by atoms with Gasteiger partial charge in [0.15, 0.2) is 0 Å². The number of carbonyl (C=O) groups excluding carboxylic acids is 1. The molecule has 164 valence electrons. The molecule has 3 heteroatoms. The SMILES string of the molecule is C=NC(=O)/C(C#N)=C(\C[C@H]1CCc2cc(CCc3ccccc3)ccc21)c1ccc(C)cc1. The van der Waals surface area contributed by atoms with Crippen LogP contribution in [0.5, 0.6) is 0 Å². The first-order valence-corrected chi connectivity index (χ1v) is 11.5. The van der Waals surface area contributed by atoms with E-state index in [1.807, 2.05) is 31.2 Å². The Bertz CT molecular complexity index is 1230. The average Bonchev–Trinajstić information content (AvgIpc) is 3.25. The van der Waals surface area contributed by atoms with Crippen molar-refractivity contribution in [2.24, 2.45) is 4.99 Å². The number of fused-ring (bicyclic) bond motifs is 1. The zero-order chi connectivity index (χ0) is 23.2. The summed E-state index contributed by atoms with van der Waals surface area (Å²) in [5.41, 5.74) is 8.34. The maximum atomic E-state index is 12.4. The molecular formula is C30H28N2O. The normalized spacial score (nSPS) is 15.3. The molecule has 0 unspecified atom stereocenters. The van der Waals surface area contributed by atoms with E-state index in [0.29, 0.717) is 6.42 Å². The van der Waals surface area contributed by atoms with Crippen LogP contribution in [0.3, 0.4) is 0 Å². The zero-order valence-electron chi connectivity index (χ0n) is 19.1. The summed E-state index contributed by atoms with van der Waals surface area (Å²) in [5, 5.41) is 9.76. The van der Waals surface area contributed by atoms with E-state index in [0.717, 1.165) is 42.4 Å². The number of amides is 1. The Balaban J connectivity index is 1.58. The lowest BCUT2D eigenvalue weighted by Crippen LogP contribution is -2.05. The van der Waals surface area contributed by atoms with E-state index >= 15 is 0 Å². The van der Waals surface area contributed by atoms with Crippen LogP contribution < -0.4 is 0 Å². The molecule has 4 rings (SSSR count). The van der Waals surface area contributed by atoms with Crippen molar-refractivity contribution in [1.82, 2.24) is 0 Å². The molecule has 1 aliphatic rings. The Morgan fingerprint density at radius 1 is 1.03 bits per heavy atom. The summed E-state index contributed by atoms with van der Waals surface area (Å²) in [6.45, 7) is 5.38. The van der Waals surface area contributed by atoms with Gasteiger partial charge in [-0.05, 0) is 85.1 Å². The van der Waals surface area contributed by atoms with Gasteiger partial charge in [0, 0.05) is 0 Å². The van der Waals surface area contributed by atoms with Crippen molar-refractivity contribution in [3.8, 4) is 6.07 Å². The van der Waals surface area contributed by atoms with Gasteiger partial charge in [0.2, 0.25) is 0 Å². The summed E-state index contributed by atoms with van der Waals surface area (Å²) < 4.78 is 0. The molecule has 0 aliphatic heterocycles. The van der Waals surface area contributed by atoms with Crippen molar-refractivity contribution >= 4 is 18.2 Å². The highest BCUT2D eigenvalue weighted by Crippen LogP contribution is 2.41. The lowest BCUT2D eigenvalue weighted by Gasteiger charge is -2.17. The van der Waals surface area contributed by atoms with E-state index < -0.39 is 5.91 Å². The van der Waals surface area contributed by atoms with Gasteiger partial charge in [-0.2, -0.15) is 5.26 Å². The zero-order valence-corrected chi connectivity index (χ0v) is 19.1. The van der Waals surface area contributed by atoms with Crippen LogP contribution in [-0.2, 0) is 24.1 Å². The van der Waals surface area contributed by atoms with E-state index in [4.69, 9.17) is 0 Å². The van der Waals surface area contributed by atoms with Crippen LogP contribution >= 0.6 is 0 Å². The largest absolute Gasteiger partial charge is 0.287 e. The molecule has 3 nitrogen and oxygen atoms in total. The number of hydrogen-bond acceptors (Lipinski definition) is 2. The highest BCUT2D eigenvalue weighted by atomic mass is 16.1. The Morgan fingerprint density at radius 3 is 2.45 bits per heavy atom. The van der Waals surface area contributed by atoms with Crippen molar-refractivity contribution < 1.29 is 4.79 Å². The summed E-state index contributed by atoms with van der Waals surface area (Å²) in [6.07, 6.45) is 4.74. The molecule has 33 heavy (non-hydrogen) atoms. The quantitative estimate of drug-likeness (QED) is 0.246. The maximum Gasteiger partial charge on any atom is 0.287 e. The number of rotatable bonds is 7. The molecule has 0 aromatic heterocycles. The smallest absolute Gasteiger partial charge is 0.266 e. The van der Waals surface area contributed by atoms with Gasteiger partial charge in [0.25, 0.3) is 5.91 Å². The predicted octanol–water partition coefficient (Wildman–Crippen LogP) is 6.40. The van der Waals surface area contributed by atoms with Crippen LogP contribution in [0, 0.1) is 18.3 Å². The van der Waals surface area contributed by atoms with Crippen LogP contribution in [0.2, 0.25) is 0 Å². The van der Waals surface area contributed by atoms with E-state index in [9.17, 15) is 10.1 Å². The number of nitrogens with zero attached hydrogens (tertiary/aromatic N) is 2. The van der Waals surface area contributed by atoms with Crippen molar-refractivity contribution in [2.75, 3.05) is 0 Å². The standard InChI is InChI=1S/C30H28N2O/c1-21-8-13-24(14-9-21)28(29(20-31)30(33)32-2)19-26-16-15-25-18-23(12-17-27(25)26)11-10-22-6-4-3-5-7-22/h3-9,12-14,17-18,26H,2,10-11,15-16,19H2,1H3/b29-28+/t26-/m1/s1. The van der Waals surface area contributed by atoms with Crippen molar-refractivity contribution in [1.29, 1.82) is 5.26 Å². The van der Waals surface area contributed by atoms with E-state index in [-0.39, 0.29) is 11.5 Å². The van der Waals surface area contributed by atoms with Crippen LogP contribution in [0.1, 0.15) is 52.1 Å². The Hall–Kier alpha value is -3.77. The van der Waals surface area contributed by atoms with Gasteiger partial charge in [-0.1, -0.05) is 78.4 Å². The van der Waals surface area contributed by atoms with Gasteiger partial charge in [-0.15, -0.1) is 0 Å². The number of aryl methyl sites for hydroxylation is 4. The molecule has 3 aromatic rings. The van der Waals surface area contributed by atoms with Crippen molar-refractivity contribution in [2.45, 2.75) is 44.9 Å². The van der Waals surface area contributed by atoms with E-state index in [1.165, 1.54) is 22.3 Å². The predicted molar refractivity (Wildman–Crippen MR) is 134 cm³/mol. The number of aliphatic imine (C=N–C) groups is 1. The molecule has 1 atom stereocenters. The third kappa shape index (κ3) is 5.18. The Labute approximate surface area is 196 Å². The monoisotopic (exact) mass is 432 g/mol. The third-order valence-corrected chi connectivity index (χ3v) is 6.58. The molecule has 3 aromatic carbocycles. The second-order valence-electron chi connectivity index (χ2n) is 8.75. The van der Waals surface area contributed by atoms with Gasteiger partial charge in [-0.25, -0.2) is 4.99 Å². The number of benzene rings is 3. The molecule has 0 saturated carbocycles. The number of hydrogen-bond donors (Lipinski definition) is 0. The third-order valence-electron chi connectivity index (χ3n) is 6.58. The highest BCUT2D eigenvalue weighted by Gasteiger charge is 2.26. The summed E-state index contributed by atoms with van der Waals surface area (Å²) >= 11 is 0. The average molecular weight is 433 g/mol. The van der Waals surface area contributed by atoms with Gasteiger partial charge < -0.3 is 0 Å². The molecule has 1 aliphatic carbocycles. The van der Waals surface area contributed by atoms with Crippen LogP contribution in [0.25, 0.3) is 5.57 Å². The molecule has 0 N–H and O–H groups in total. The fourth-order valence-corrected chi connectivity index (χ4v) is 4.75. The lowest BCUT2D eigenvalue weighted by atomic mass is 9.87. The second-order valence-corrected chi connectivity index (χ2v) is 8.75. The Morgan fingerprint density at radius 2 is 1.76 bits per heavy atom. The van der Waals surface area contributed by atoms with Gasteiger partial charge in [0.05, 0.1) is 0 Å². The summed E-state index contributed by atoms with van der Waals surface area (Å²) in [7, 11) is 0. The Kier molecular flexibility index (Phi) is 6.95. The first kappa shape index (κ1) is 22.4. The first-order valence-electron chi connectivity index (χ1n) is 11.5. The molecule has 1 amide bonds. The maximum absolute atomic E-state index is 12.4. The second kappa shape index (κ2) is 10.2. The molecule has 0 spiro atoms. The van der Waals surface area contributed by atoms with Crippen LogP contribution in [0.4, 0.5) is 0 Å². The minimum Gasteiger partial charge on any atom is -0.266 e. The van der Waals surface area contributed by atoms with Gasteiger partial charge in [0.1, 0.15) is 11.6 Å². The fourth-order valence-electron chi connectivity index (χ4n) is 4.75. The summed E-state index contributed by atoms with van der Waals surface area (Å²) in [6, 6.07) is 27.5. The lowest BCUT2D eigenvalue weighted by molar-refractivity contribution is -0.113. The first-order chi connectivity index (χ1) is 16.1. The highest BCUT2D eigenvalue weighted by molar-refractivity contribution is 6.06. The topological polar surface area (TPSA) is 53.2 Å². The van der Waals surface area contributed by atoms with Crippen LogP contribution in [-0.4, -0.2) is 12.6 Å². The van der Waals surface area contributed by atoms with Gasteiger partial charge in [-0.3, -0.25) is 4.79 Å². The van der Waals surface area contributed by atoms with Gasteiger partial charge >= 0.3 is 0 Å². The number of allylic oxidation sites excluding steroid dienone is 1. The summed E-state index contributed by atoms with van der Waals surface area (Å²) in [4.78, 5) is 15.9. The van der Waals surface area contributed by atoms with E-state index in [2.05, 4.69) is 66.3 Å².